The predicted octanol–water partition coefficient (Wildman–Crippen LogP) is 0.338. The Labute approximate surface area is 64.5 Å². The molecular weight excluding hydrogens is 144 g/mol. The molecular formula is C7H11N2O2+. The fourth-order valence-electron chi connectivity index (χ4n) is 1.01. The van der Waals surface area contributed by atoms with Gasteiger partial charge in [0.2, 0.25) is 6.33 Å². The molecule has 1 unspecified atom stereocenters. The molecule has 2 N–H and O–H groups in total. The van der Waals surface area contributed by atoms with Crippen molar-refractivity contribution in [3.8, 4) is 0 Å². The van der Waals surface area contributed by atoms with E-state index >= 15 is 0 Å². The van der Waals surface area contributed by atoms with Crippen molar-refractivity contribution in [3.63, 3.8) is 0 Å². The summed E-state index contributed by atoms with van der Waals surface area (Å²) in [6.07, 6.45) is 5.65. The Bertz CT molecular complexity index is 231. The van der Waals surface area contributed by atoms with Crippen LogP contribution in [0, 0.1) is 0 Å². The molecule has 0 aromatic carbocycles. The lowest BCUT2D eigenvalue weighted by Crippen LogP contribution is -2.41. The Morgan fingerprint density at radius 1 is 1.82 bits per heavy atom. The number of imidazole rings is 1. The fourth-order valence-corrected chi connectivity index (χ4v) is 1.01. The van der Waals surface area contributed by atoms with E-state index in [1.54, 1.807) is 23.3 Å². The normalized spacial score (nSPS) is 12.8. The van der Waals surface area contributed by atoms with Gasteiger partial charge in [-0.15, -0.1) is 0 Å². The number of carboxylic acids is 1. The monoisotopic (exact) mass is 155 g/mol. The van der Waals surface area contributed by atoms with Crippen LogP contribution in [0.15, 0.2) is 18.7 Å². The van der Waals surface area contributed by atoms with E-state index in [1.807, 2.05) is 6.92 Å². The maximum absolute atomic E-state index is 10.6. The number of aliphatic carboxylic acids is 1. The summed E-state index contributed by atoms with van der Waals surface area (Å²) in [5.41, 5.74) is 0. The second kappa shape index (κ2) is 3.18. The van der Waals surface area contributed by atoms with Gasteiger partial charge in [-0.05, 0) is 6.42 Å². The molecule has 1 aromatic heterocycles. The number of carboxylic acid groups (broad SMARTS) is 1. The smallest absolute Gasteiger partial charge is 0.349 e. The van der Waals surface area contributed by atoms with Crippen molar-refractivity contribution in [1.29, 1.82) is 0 Å². The molecule has 0 fully saturated rings. The standard InChI is InChI=1S/C7H10N2O2/c1-2-6(7(10)11)9-4-3-8-5-9/h3-6H,2H2,1H3,(H,10,11)/p+1. The lowest BCUT2D eigenvalue weighted by atomic mass is 10.2. The van der Waals surface area contributed by atoms with Gasteiger partial charge in [0.25, 0.3) is 0 Å². The minimum absolute atomic E-state index is 0.443. The second-order valence-electron chi connectivity index (χ2n) is 2.32. The van der Waals surface area contributed by atoms with Gasteiger partial charge in [-0.25, -0.2) is 9.36 Å². The van der Waals surface area contributed by atoms with Crippen LogP contribution in [-0.4, -0.2) is 16.1 Å². The quantitative estimate of drug-likeness (QED) is 0.618. The van der Waals surface area contributed by atoms with Gasteiger partial charge >= 0.3 is 5.97 Å². The van der Waals surface area contributed by atoms with Crippen molar-refractivity contribution in [2.24, 2.45) is 0 Å². The molecule has 0 saturated carbocycles. The molecule has 60 valence electrons. The molecule has 0 spiro atoms. The van der Waals surface area contributed by atoms with Gasteiger partial charge in [0.05, 0.1) is 0 Å². The number of H-pyrrole nitrogens is 1. The van der Waals surface area contributed by atoms with E-state index < -0.39 is 12.0 Å². The van der Waals surface area contributed by atoms with Gasteiger partial charge in [0, 0.05) is 0 Å². The molecule has 0 bridgehead atoms. The lowest BCUT2D eigenvalue weighted by molar-refractivity contribution is -0.709. The average molecular weight is 155 g/mol. The number of nitrogens with zero attached hydrogens (tertiary/aromatic N) is 1. The number of nitrogens with one attached hydrogen (secondary N) is 1. The average Bonchev–Trinajstić information content (AvgIpc) is 2.40. The number of carbonyl (C=O) groups is 1. The van der Waals surface area contributed by atoms with E-state index in [-0.39, 0.29) is 0 Å². The minimum Gasteiger partial charge on any atom is -0.478 e. The highest BCUT2D eigenvalue weighted by atomic mass is 16.4. The molecule has 0 saturated heterocycles. The maximum Gasteiger partial charge on any atom is 0.349 e. The van der Waals surface area contributed by atoms with Gasteiger partial charge in [0.1, 0.15) is 12.4 Å². The Hall–Kier alpha value is -1.32. The summed E-state index contributed by atoms with van der Waals surface area (Å²) >= 11 is 0. The molecule has 0 amide bonds. The van der Waals surface area contributed by atoms with Crippen molar-refractivity contribution in [3.05, 3.63) is 18.7 Å². The third kappa shape index (κ3) is 1.58. The van der Waals surface area contributed by atoms with Crippen LogP contribution in [0.1, 0.15) is 19.4 Å². The first kappa shape index (κ1) is 7.78. The zero-order chi connectivity index (χ0) is 8.27. The number of rotatable bonds is 3. The third-order valence-corrected chi connectivity index (χ3v) is 1.60. The van der Waals surface area contributed by atoms with Crippen LogP contribution in [0.25, 0.3) is 0 Å². The van der Waals surface area contributed by atoms with E-state index in [2.05, 4.69) is 4.98 Å². The number of aromatic amines is 1. The van der Waals surface area contributed by atoms with Gasteiger partial charge in [-0.2, -0.15) is 0 Å². The first-order valence-corrected chi connectivity index (χ1v) is 3.52. The van der Waals surface area contributed by atoms with Gasteiger partial charge in [-0.1, -0.05) is 6.92 Å². The Kier molecular flexibility index (Phi) is 2.25. The van der Waals surface area contributed by atoms with Crippen molar-refractivity contribution in [2.45, 2.75) is 19.4 Å². The van der Waals surface area contributed by atoms with E-state index in [4.69, 9.17) is 5.11 Å². The first-order valence-electron chi connectivity index (χ1n) is 3.52. The molecule has 4 nitrogen and oxygen atoms in total. The molecule has 4 heteroatoms. The Morgan fingerprint density at radius 2 is 2.55 bits per heavy atom. The molecule has 11 heavy (non-hydrogen) atoms. The highest BCUT2D eigenvalue weighted by Crippen LogP contribution is 2.00. The Morgan fingerprint density at radius 3 is 2.91 bits per heavy atom. The summed E-state index contributed by atoms with van der Waals surface area (Å²) in [6, 6.07) is -0.443. The van der Waals surface area contributed by atoms with Crippen LogP contribution in [-0.2, 0) is 4.79 Å². The topological polar surface area (TPSA) is 57.0 Å². The molecule has 1 aromatic rings. The predicted molar refractivity (Wildman–Crippen MR) is 38.0 cm³/mol. The first-order chi connectivity index (χ1) is 5.25. The zero-order valence-corrected chi connectivity index (χ0v) is 6.32. The fraction of sp³-hybridized carbons (Fsp3) is 0.429. The number of aromatic nitrogens is 2. The Balaban J connectivity index is 2.79. The van der Waals surface area contributed by atoms with Crippen LogP contribution < -0.4 is 4.57 Å². The van der Waals surface area contributed by atoms with Crippen LogP contribution in [0.4, 0.5) is 0 Å². The van der Waals surface area contributed by atoms with Crippen molar-refractivity contribution < 1.29 is 14.5 Å². The highest BCUT2D eigenvalue weighted by Gasteiger charge is 2.20. The number of hydrogen-bond donors (Lipinski definition) is 2. The van der Waals surface area contributed by atoms with Crippen LogP contribution in [0.3, 0.4) is 0 Å². The van der Waals surface area contributed by atoms with E-state index in [0.29, 0.717) is 6.42 Å². The van der Waals surface area contributed by atoms with Crippen LogP contribution in [0.5, 0.6) is 0 Å². The van der Waals surface area contributed by atoms with Gasteiger partial charge < -0.3 is 5.11 Å². The lowest BCUT2D eigenvalue weighted by Gasteiger charge is -2.03. The van der Waals surface area contributed by atoms with Gasteiger partial charge in [-0.3, -0.25) is 4.98 Å². The summed E-state index contributed by atoms with van der Waals surface area (Å²) in [7, 11) is 0. The van der Waals surface area contributed by atoms with E-state index in [0.717, 1.165) is 0 Å². The van der Waals surface area contributed by atoms with E-state index in [9.17, 15) is 4.79 Å². The summed E-state index contributed by atoms with van der Waals surface area (Å²) < 4.78 is 1.64. The van der Waals surface area contributed by atoms with Crippen molar-refractivity contribution >= 4 is 5.97 Å². The second-order valence-corrected chi connectivity index (χ2v) is 2.32. The molecule has 1 atom stereocenters. The summed E-state index contributed by atoms with van der Waals surface area (Å²) in [5.74, 6) is -0.794. The molecule has 0 radical (unpaired) electrons. The summed E-state index contributed by atoms with van der Waals surface area (Å²) in [5, 5.41) is 8.71. The van der Waals surface area contributed by atoms with Crippen LogP contribution in [0.2, 0.25) is 0 Å². The largest absolute Gasteiger partial charge is 0.478 e. The molecule has 1 rings (SSSR count). The summed E-state index contributed by atoms with van der Waals surface area (Å²) in [4.78, 5) is 13.4. The zero-order valence-electron chi connectivity index (χ0n) is 6.32. The molecule has 1 heterocycles. The highest BCUT2D eigenvalue weighted by molar-refractivity contribution is 5.69. The minimum atomic E-state index is -0.794. The SMILES string of the molecule is CCC(C(=O)O)[n+]1cc[nH]c1. The van der Waals surface area contributed by atoms with E-state index in [1.165, 1.54) is 0 Å². The maximum atomic E-state index is 10.6. The third-order valence-electron chi connectivity index (χ3n) is 1.60. The molecule has 0 aliphatic heterocycles. The summed E-state index contributed by atoms with van der Waals surface area (Å²) in [6.45, 7) is 1.85. The van der Waals surface area contributed by atoms with Crippen molar-refractivity contribution in [2.75, 3.05) is 0 Å². The molecule has 0 aliphatic carbocycles. The molecule has 0 aliphatic rings. The van der Waals surface area contributed by atoms with Crippen LogP contribution >= 0.6 is 0 Å². The number of hydrogen-bond acceptors (Lipinski definition) is 1. The van der Waals surface area contributed by atoms with Crippen molar-refractivity contribution in [1.82, 2.24) is 4.98 Å². The van der Waals surface area contributed by atoms with Gasteiger partial charge in [0.15, 0.2) is 6.04 Å².